The van der Waals surface area contributed by atoms with Crippen LogP contribution in [0.4, 0.5) is 0 Å². The molecule has 2 fully saturated rings. The highest BCUT2D eigenvalue weighted by Gasteiger charge is 2.29. The fraction of sp³-hybridized carbons (Fsp3) is 0.688. The molecule has 2 aliphatic heterocycles. The van der Waals surface area contributed by atoms with Gasteiger partial charge in [0.05, 0.1) is 6.54 Å². The maximum absolute atomic E-state index is 12.3. The Kier molecular flexibility index (Phi) is 4.48. The number of hydrogen-bond acceptors (Lipinski definition) is 6. The number of nitrogens with one attached hydrogen (secondary N) is 1. The minimum Gasteiger partial charge on any atom is -0.336 e. The van der Waals surface area contributed by atoms with E-state index in [0.717, 1.165) is 44.1 Å². The predicted molar refractivity (Wildman–Crippen MR) is 89.8 cm³/mol. The summed E-state index contributed by atoms with van der Waals surface area (Å²) in [6, 6.07) is 0. The summed E-state index contributed by atoms with van der Waals surface area (Å²) in [6.45, 7) is 4.61. The number of rotatable bonds is 4. The van der Waals surface area contributed by atoms with Crippen molar-refractivity contribution >= 4 is 5.91 Å². The predicted octanol–water partition coefficient (Wildman–Crippen LogP) is 0.549. The number of nitrogens with zero attached hydrogens (tertiary/aromatic N) is 7. The zero-order valence-corrected chi connectivity index (χ0v) is 14.6. The lowest BCUT2D eigenvalue weighted by molar-refractivity contribution is 0.0698. The van der Waals surface area contributed by atoms with Gasteiger partial charge in [0.1, 0.15) is 18.0 Å². The Morgan fingerprint density at radius 2 is 1.96 bits per heavy atom. The van der Waals surface area contributed by atoms with Crippen LogP contribution in [-0.2, 0) is 13.6 Å². The molecule has 9 heteroatoms. The lowest BCUT2D eigenvalue weighted by Crippen LogP contribution is -2.38. The third kappa shape index (κ3) is 3.28. The molecule has 0 bridgehead atoms. The fourth-order valence-electron chi connectivity index (χ4n) is 3.81. The first kappa shape index (κ1) is 16.2. The van der Waals surface area contributed by atoms with Crippen molar-refractivity contribution in [2.45, 2.75) is 38.1 Å². The van der Waals surface area contributed by atoms with E-state index in [-0.39, 0.29) is 5.91 Å². The number of carbonyl (C=O) groups excluding carboxylic acids is 1. The van der Waals surface area contributed by atoms with Gasteiger partial charge < -0.3 is 9.47 Å². The molecule has 4 heterocycles. The van der Waals surface area contributed by atoms with Crippen molar-refractivity contribution in [2.24, 2.45) is 7.05 Å². The number of hydrogen-bond donors (Lipinski definition) is 1. The molecular weight excluding hydrogens is 320 g/mol. The summed E-state index contributed by atoms with van der Waals surface area (Å²) in [4.78, 5) is 20.5. The van der Waals surface area contributed by atoms with Gasteiger partial charge in [-0.3, -0.25) is 14.8 Å². The smallest absolute Gasteiger partial charge is 0.291 e. The maximum atomic E-state index is 12.3. The van der Waals surface area contributed by atoms with E-state index >= 15 is 0 Å². The van der Waals surface area contributed by atoms with Gasteiger partial charge in [0, 0.05) is 26.1 Å². The van der Waals surface area contributed by atoms with Crippen molar-refractivity contribution in [3.8, 4) is 0 Å². The second kappa shape index (κ2) is 6.91. The molecule has 2 aromatic heterocycles. The molecule has 2 saturated heterocycles. The molecule has 4 rings (SSSR count). The van der Waals surface area contributed by atoms with E-state index in [0.29, 0.717) is 24.8 Å². The van der Waals surface area contributed by atoms with Crippen molar-refractivity contribution in [1.82, 2.24) is 39.7 Å². The summed E-state index contributed by atoms with van der Waals surface area (Å²) in [5.41, 5.74) is 0. The topological polar surface area (TPSA) is 95.8 Å². The van der Waals surface area contributed by atoms with Gasteiger partial charge in [0.15, 0.2) is 0 Å². The van der Waals surface area contributed by atoms with Crippen molar-refractivity contribution < 1.29 is 4.79 Å². The van der Waals surface area contributed by atoms with Gasteiger partial charge in [0.2, 0.25) is 5.82 Å². The van der Waals surface area contributed by atoms with E-state index in [1.165, 1.54) is 19.2 Å². The lowest BCUT2D eigenvalue weighted by atomic mass is 9.96. The summed E-state index contributed by atoms with van der Waals surface area (Å²) in [5, 5.41) is 15.3. The Bertz CT molecular complexity index is 711. The Morgan fingerprint density at radius 1 is 1.20 bits per heavy atom. The molecule has 0 radical (unpaired) electrons. The molecule has 2 aromatic rings. The molecule has 2 aliphatic rings. The minimum absolute atomic E-state index is 0.0800. The van der Waals surface area contributed by atoms with Crippen molar-refractivity contribution in [3.63, 3.8) is 0 Å². The molecule has 1 N–H and O–H groups in total. The Morgan fingerprint density at radius 3 is 2.64 bits per heavy atom. The van der Waals surface area contributed by atoms with E-state index in [9.17, 15) is 4.79 Å². The Hall–Kier alpha value is -2.29. The molecular formula is C16H24N8O. The van der Waals surface area contributed by atoms with Crippen LogP contribution in [0.3, 0.4) is 0 Å². The third-order valence-electron chi connectivity index (χ3n) is 5.33. The molecule has 0 aliphatic carbocycles. The zero-order valence-electron chi connectivity index (χ0n) is 14.6. The standard InChI is InChI=1S/C16H24N8O/c1-22-13(10-23-6-2-3-7-23)19-21-15(22)12-4-8-24(9-5-12)16(25)14-17-11-18-20-14/h11-12H,2-10H2,1H3,(H,17,18,20). The van der Waals surface area contributed by atoms with Crippen LogP contribution in [0.2, 0.25) is 0 Å². The molecule has 0 aromatic carbocycles. The van der Waals surface area contributed by atoms with Crippen molar-refractivity contribution in [1.29, 1.82) is 0 Å². The number of likely N-dealkylation sites (tertiary alicyclic amines) is 2. The van der Waals surface area contributed by atoms with Crippen molar-refractivity contribution in [2.75, 3.05) is 26.2 Å². The number of H-pyrrole nitrogens is 1. The molecule has 1 amide bonds. The first-order valence-electron chi connectivity index (χ1n) is 8.97. The van der Waals surface area contributed by atoms with Gasteiger partial charge in [-0.15, -0.1) is 10.2 Å². The SMILES string of the molecule is Cn1c(CN2CCCC2)nnc1C1CCN(C(=O)c2ncn[nH]2)CC1. The van der Waals surface area contributed by atoms with Gasteiger partial charge in [-0.1, -0.05) is 0 Å². The Balaban J connectivity index is 1.37. The van der Waals surface area contributed by atoms with Crippen LogP contribution in [0.5, 0.6) is 0 Å². The van der Waals surface area contributed by atoms with E-state index in [1.807, 2.05) is 4.90 Å². The molecule has 134 valence electrons. The van der Waals surface area contributed by atoms with E-state index in [2.05, 4.69) is 41.9 Å². The molecule has 0 unspecified atom stereocenters. The summed E-state index contributed by atoms with van der Waals surface area (Å²) in [6.07, 6.45) is 5.72. The summed E-state index contributed by atoms with van der Waals surface area (Å²) < 4.78 is 2.15. The molecule has 25 heavy (non-hydrogen) atoms. The fourth-order valence-corrected chi connectivity index (χ4v) is 3.81. The van der Waals surface area contributed by atoms with Gasteiger partial charge >= 0.3 is 0 Å². The van der Waals surface area contributed by atoms with Crippen LogP contribution in [0.25, 0.3) is 0 Å². The lowest BCUT2D eigenvalue weighted by Gasteiger charge is -2.30. The van der Waals surface area contributed by atoms with E-state index in [4.69, 9.17) is 0 Å². The van der Waals surface area contributed by atoms with Crippen LogP contribution in [0.1, 0.15) is 53.9 Å². The first-order chi connectivity index (χ1) is 12.2. The van der Waals surface area contributed by atoms with Gasteiger partial charge in [-0.25, -0.2) is 4.98 Å². The van der Waals surface area contributed by atoms with Crippen LogP contribution in [-0.4, -0.2) is 71.8 Å². The maximum Gasteiger partial charge on any atom is 0.291 e. The average molecular weight is 344 g/mol. The highest BCUT2D eigenvalue weighted by atomic mass is 16.2. The highest BCUT2D eigenvalue weighted by Crippen LogP contribution is 2.27. The van der Waals surface area contributed by atoms with Gasteiger partial charge in [-0.2, -0.15) is 5.10 Å². The number of aromatic amines is 1. The average Bonchev–Trinajstić information content (AvgIpc) is 3.39. The largest absolute Gasteiger partial charge is 0.336 e. The molecule has 0 atom stereocenters. The zero-order chi connectivity index (χ0) is 17.2. The van der Waals surface area contributed by atoms with Crippen LogP contribution in [0, 0.1) is 0 Å². The summed E-state index contributed by atoms with van der Waals surface area (Å²) in [7, 11) is 2.06. The second-order valence-electron chi connectivity index (χ2n) is 6.92. The van der Waals surface area contributed by atoms with Gasteiger partial charge in [0.25, 0.3) is 5.91 Å². The quantitative estimate of drug-likeness (QED) is 0.870. The first-order valence-corrected chi connectivity index (χ1v) is 8.97. The third-order valence-corrected chi connectivity index (χ3v) is 5.33. The van der Waals surface area contributed by atoms with Crippen molar-refractivity contribution in [3.05, 3.63) is 23.8 Å². The Labute approximate surface area is 146 Å². The van der Waals surface area contributed by atoms with E-state index < -0.39 is 0 Å². The highest BCUT2D eigenvalue weighted by molar-refractivity contribution is 5.90. The minimum atomic E-state index is -0.0800. The van der Waals surface area contributed by atoms with Crippen LogP contribution < -0.4 is 0 Å². The van der Waals surface area contributed by atoms with Crippen LogP contribution in [0.15, 0.2) is 6.33 Å². The number of amides is 1. The molecule has 0 spiro atoms. The second-order valence-corrected chi connectivity index (χ2v) is 6.92. The van der Waals surface area contributed by atoms with Gasteiger partial charge in [-0.05, 0) is 38.8 Å². The number of aromatic nitrogens is 6. The molecule has 9 nitrogen and oxygen atoms in total. The monoisotopic (exact) mass is 344 g/mol. The molecule has 0 saturated carbocycles. The number of carbonyl (C=O) groups is 1. The normalized spacial score (nSPS) is 19.6. The van der Waals surface area contributed by atoms with Crippen LogP contribution >= 0.6 is 0 Å². The summed E-state index contributed by atoms with van der Waals surface area (Å²) >= 11 is 0. The summed E-state index contributed by atoms with van der Waals surface area (Å²) in [5.74, 6) is 2.66. The number of piperidine rings is 1. The van der Waals surface area contributed by atoms with E-state index in [1.54, 1.807) is 0 Å².